The van der Waals surface area contributed by atoms with Crippen molar-refractivity contribution in [3.8, 4) is 0 Å². The standard InChI is InChI=1S/C52H82N2O4/c1-6-7-8-9-10-11-12-13-14-15-16-17-18-19-20-21-22-23-24-25-48(57)54-36-32-41(33-37-54)53-47(56)29-26-39(2)43-27-28-44-49-45(31-35-51(43,44)4)52(5)34-30-42(55)38-46(52)40(3)50(49)58/h7-8,10-11,13-14,16-17,19-20,22-23,39-46,49-50,55,58H,6,9,12,15,18,21,24-38H2,1-5H3,(H,53,56)/b8-7-,11-10-,14-13-,17-16-,20-19-,23-22-/t39-,40-,42-,43?,44+,45+,46+,49+,50-,51-,52-/m1/s1. The van der Waals surface area contributed by atoms with E-state index in [4.69, 9.17) is 0 Å². The molecule has 5 aliphatic rings. The minimum Gasteiger partial charge on any atom is -0.393 e. The number of rotatable bonds is 19. The lowest BCUT2D eigenvalue weighted by molar-refractivity contribution is -0.199. The van der Waals surface area contributed by atoms with E-state index in [0.29, 0.717) is 48.3 Å². The van der Waals surface area contributed by atoms with Crippen LogP contribution in [0.25, 0.3) is 0 Å². The first-order valence-electron chi connectivity index (χ1n) is 23.8. The summed E-state index contributed by atoms with van der Waals surface area (Å²) in [4.78, 5) is 28.1. The Kier molecular flexibility index (Phi) is 18.2. The van der Waals surface area contributed by atoms with E-state index in [9.17, 15) is 19.8 Å². The van der Waals surface area contributed by atoms with Crippen LogP contribution < -0.4 is 5.32 Å². The second-order valence-corrected chi connectivity index (χ2v) is 19.6. The van der Waals surface area contributed by atoms with E-state index in [1.807, 2.05) is 4.90 Å². The smallest absolute Gasteiger partial charge is 0.222 e. The number of likely N-dealkylation sites (tertiary alicyclic amines) is 1. The van der Waals surface area contributed by atoms with Crippen LogP contribution >= 0.6 is 0 Å². The third-order valence-electron chi connectivity index (χ3n) is 16.1. The summed E-state index contributed by atoms with van der Waals surface area (Å²) in [5.41, 5.74) is 0.450. The van der Waals surface area contributed by atoms with Gasteiger partial charge in [-0.2, -0.15) is 0 Å². The third kappa shape index (κ3) is 12.0. The molecule has 1 unspecified atom stereocenters. The molecule has 0 bridgehead atoms. The molecule has 0 aromatic rings. The molecule has 0 radical (unpaired) electrons. The van der Waals surface area contributed by atoms with Gasteiger partial charge in [0.15, 0.2) is 0 Å². The van der Waals surface area contributed by atoms with E-state index in [2.05, 4.69) is 113 Å². The highest BCUT2D eigenvalue weighted by Crippen LogP contribution is 2.69. The summed E-state index contributed by atoms with van der Waals surface area (Å²) in [7, 11) is 0. The Morgan fingerprint density at radius 3 is 1.86 bits per heavy atom. The number of nitrogens with one attached hydrogen (secondary N) is 1. The van der Waals surface area contributed by atoms with Crippen LogP contribution in [-0.2, 0) is 9.59 Å². The van der Waals surface area contributed by atoms with Gasteiger partial charge in [-0.1, -0.05) is 108 Å². The Morgan fingerprint density at radius 1 is 0.707 bits per heavy atom. The van der Waals surface area contributed by atoms with Gasteiger partial charge in [-0.05, 0) is 161 Å². The largest absolute Gasteiger partial charge is 0.393 e. The lowest BCUT2D eigenvalue weighted by atomic mass is 9.42. The van der Waals surface area contributed by atoms with Crippen molar-refractivity contribution in [1.29, 1.82) is 0 Å². The average molecular weight is 799 g/mol. The molecule has 5 fully saturated rings. The third-order valence-corrected chi connectivity index (χ3v) is 16.1. The highest BCUT2D eigenvalue weighted by atomic mass is 16.3. The van der Waals surface area contributed by atoms with Crippen LogP contribution in [0.15, 0.2) is 72.9 Å². The number of carbonyl (C=O) groups is 2. The minimum atomic E-state index is -0.276. The number of nitrogens with zero attached hydrogens (tertiary/aromatic N) is 1. The number of aliphatic hydroxyl groups excluding tert-OH is 2. The molecule has 58 heavy (non-hydrogen) atoms. The molecular weight excluding hydrogens is 717 g/mol. The molecule has 5 rings (SSSR count). The lowest BCUT2D eigenvalue weighted by Gasteiger charge is -2.64. The fourth-order valence-electron chi connectivity index (χ4n) is 12.8. The van der Waals surface area contributed by atoms with Crippen molar-refractivity contribution in [2.24, 2.45) is 52.3 Å². The lowest BCUT2D eigenvalue weighted by Crippen LogP contribution is -2.61. The highest BCUT2D eigenvalue weighted by Gasteiger charge is 2.64. The normalized spacial score (nSPS) is 35.1. The maximum atomic E-state index is 13.2. The molecule has 11 atom stereocenters. The topological polar surface area (TPSA) is 89.9 Å². The maximum Gasteiger partial charge on any atom is 0.222 e. The summed E-state index contributed by atoms with van der Waals surface area (Å²) in [6.45, 7) is 13.3. The van der Waals surface area contributed by atoms with E-state index >= 15 is 0 Å². The molecule has 324 valence electrons. The summed E-state index contributed by atoms with van der Waals surface area (Å²) in [6, 6.07) is 0.153. The zero-order valence-electron chi connectivity index (χ0n) is 37.2. The summed E-state index contributed by atoms with van der Waals surface area (Å²) >= 11 is 0. The molecule has 1 aliphatic heterocycles. The first-order chi connectivity index (χ1) is 28.0. The van der Waals surface area contributed by atoms with Crippen molar-refractivity contribution in [3.05, 3.63) is 72.9 Å². The molecule has 4 aliphatic carbocycles. The Bertz CT molecular complexity index is 1470. The number of hydrogen-bond donors (Lipinski definition) is 3. The number of allylic oxidation sites excluding steroid dienone is 12. The van der Waals surface area contributed by atoms with E-state index in [1.54, 1.807) is 0 Å². The summed E-state index contributed by atoms with van der Waals surface area (Å²) in [5, 5.41) is 25.7. The number of amides is 2. The Hall–Kier alpha value is -2.70. The van der Waals surface area contributed by atoms with Crippen molar-refractivity contribution in [2.45, 2.75) is 175 Å². The van der Waals surface area contributed by atoms with Crippen molar-refractivity contribution >= 4 is 11.8 Å². The van der Waals surface area contributed by atoms with Gasteiger partial charge in [0.2, 0.25) is 11.8 Å². The molecule has 6 heteroatoms. The Morgan fingerprint density at radius 2 is 1.26 bits per heavy atom. The molecule has 3 N–H and O–H groups in total. The van der Waals surface area contributed by atoms with E-state index in [-0.39, 0.29) is 46.8 Å². The number of piperidine rings is 1. The van der Waals surface area contributed by atoms with Crippen molar-refractivity contribution < 1.29 is 19.8 Å². The molecule has 1 saturated heterocycles. The van der Waals surface area contributed by atoms with Gasteiger partial charge >= 0.3 is 0 Å². The van der Waals surface area contributed by atoms with E-state index in [0.717, 1.165) is 96.6 Å². The van der Waals surface area contributed by atoms with Crippen LogP contribution in [0.3, 0.4) is 0 Å². The molecule has 0 aromatic heterocycles. The van der Waals surface area contributed by atoms with Crippen molar-refractivity contribution in [2.75, 3.05) is 13.1 Å². The molecule has 4 saturated carbocycles. The van der Waals surface area contributed by atoms with Crippen LogP contribution in [0, 0.1) is 52.3 Å². The van der Waals surface area contributed by atoms with Gasteiger partial charge in [0.1, 0.15) is 0 Å². The zero-order chi connectivity index (χ0) is 41.5. The van der Waals surface area contributed by atoms with E-state index in [1.165, 1.54) is 25.7 Å². The van der Waals surface area contributed by atoms with Gasteiger partial charge in [0.25, 0.3) is 0 Å². The molecule has 2 amide bonds. The molecule has 1 heterocycles. The van der Waals surface area contributed by atoms with Crippen LogP contribution in [0.5, 0.6) is 0 Å². The minimum absolute atomic E-state index is 0.153. The monoisotopic (exact) mass is 799 g/mol. The molecule has 0 aromatic carbocycles. The summed E-state index contributed by atoms with van der Waals surface area (Å²) < 4.78 is 0. The number of fused-ring (bicyclic) bond motifs is 5. The second-order valence-electron chi connectivity index (χ2n) is 19.6. The van der Waals surface area contributed by atoms with Gasteiger partial charge in [0, 0.05) is 32.0 Å². The molecule has 0 spiro atoms. The van der Waals surface area contributed by atoms with Crippen LogP contribution in [-0.4, -0.2) is 58.3 Å². The fourth-order valence-corrected chi connectivity index (χ4v) is 12.8. The van der Waals surface area contributed by atoms with Gasteiger partial charge in [-0.25, -0.2) is 0 Å². The van der Waals surface area contributed by atoms with Crippen LogP contribution in [0.4, 0.5) is 0 Å². The van der Waals surface area contributed by atoms with E-state index < -0.39 is 0 Å². The molecular formula is C52H82N2O4. The molecule has 6 nitrogen and oxygen atoms in total. The van der Waals surface area contributed by atoms with Gasteiger partial charge < -0.3 is 20.4 Å². The maximum absolute atomic E-state index is 13.2. The number of hydrogen-bond acceptors (Lipinski definition) is 4. The zero-order valence-corrected chi connectivity index (χ0v) is 37.2. The van der Waals surface area contributed by atoms with Gasteiger partial charge in [0.05, 0.1) is 12.2 Å². The van der Waals surface area contributed by atoms with Gasteiger partial charge in [-0.3, -0.25) is 9.59 Å². The van der Waals surface area contributed by atoms with Crippen LogP contribution in [0.2, 0.25) is 0 Å². The van der Waals surface area contributed by atoms with Gasteiger partial charge in [-0.15, -0.1) is 0 Å². The first-order valence-corrected chi connectivity index (χ1v) is 23.8. The second kappa shape index (κ2) is 22.8. The Balaban J connectivity index is 0.927. The SMILES string of the molecule is CC/C=C\C/C=C\C/C=C\C/C=C\C/C=C\C/C=C\CCC(=O)N1CCC(NC(=O)CC[C@@H](C)C2CC[C@H]3[C@@H]4[C@H](O)[C@H](C)[C@@H]5C[C@H](O)CC[C@]5(C)[C@H]4CC[C@]23C)CC1. The summed E-state index contributed by atoms with van der Waals surface area (Å²) in [6.07, 6.45) is 44.0. The van der Waals surface area contributed by atoms with Crippen molar-refractivity contribution in [1.82, 2.24) is 10.2 Å². The number of aliphatic hydroxyl groups is 2. The average Bonchev–Trinajstić information content (AvgIpc) is 3.57. The Labute approximate surface area is 353 Å². The fraction of sp³-hybridized carbons (Fsp3) is 0.731. The predicted octanol–water partition coefficient (Wildman–Crippen LogP) is 11.2. The summed E-state index contributed by atoms with van der Waals surface area (Å²) in [5.74, 6) is 3.57. The van der Waals surface area contributed by atoms with Crippen LogP contribution in [0.1, 0.15) is 157 Å². The number of carbonyl (C=O) groups excluding carboxylic acids is 2. The highest BCUT2D eigenvalue weighted by molar-refractivity contribution is 5.77. The predicted molar refractivity (Wildman–Crippen MR) is 241 cm³/mol. The first kappa shape index (κ1) is 46.4. The quantitative estimate of drug-likeness (QED) is 0.114. The van der Waals surface area contributed by atoms with Crippen molar-refractivity contribution in [3.63, 3.8) is 0 Å².